The number of nitrogens with zero attached hydrogens (tertiary/aromatic N) is 4. The van der Waals surface area contributed by atoms with E-state index in [1.807, 2.05) is 11.0 Å². The van der Waals surface area contributed by atoms with Crippen LogP contribution in [0.3, 0.4) is 0 Å². The Morgan fingerprint density at radius 2 is 1.91 bits per heavy atom. The number of carbonyl (C=O) groups is 3. The molecule has 35 heavy (non-hydrogen) atoms. The standard InChI is InChI=1S/C25H28N6O4/c1-3-35-25(34)21-14-28-31(16(21)2)20-9-6-17(7-10-20)24(33)29-19-8-11-22(27-13-19)30-12-4-5-18(15-30)23(26)32/h6-11,13-14,18H,3-5,12,15H2,1-2H3,(H2,26,32)(H,29,33). The fourth-order valence-electron chi connectivity index (χ4n) is 4.10. The highest BCUT2D eigenvalue weighted by Gasteiger charge is 2.24. The molecule has 1 aliphatic rings. The predicted molar refractivity (Wildman–Crippen MR) is 131 cm³/mol. The first kappa shape index (κ1) is 23.9. The highest BCUT2D eigenvalue weighted by molar-refractivity contribution is 6.04. The zero-order valence-corrected chi connectivity index (χ0v) is 19.7. The van der Waals surface area contributed by atoms with E-state index in [4.69, 9.17) is 10.5 Å². The summed E-state index contributed by atoms with van der Waals surface area (Å²) in [7, 11) is 0. The van der Waals surface area contributed by atoms with Crippen LogP contribution in [0.25, 0.3) is 5.69 Å². The molecule has 10 nitrogen and oxygen atoms in total. The van der Waals surface area contributed by atoms with Gasteiger partial charge in [-0.3, -0.25) is 9.59 Å². The number of hydrogen-bond donors (Lipinski definition) is 2. The number of nitrogens with one attached hydrogen (secondary N) is 1. The molecule has 10 heteroatoms. The molecule has 182 valence electrons. The third kappa shape index (κ3) is 5.32. The van der Waals surface area contributed by atoms with Gasteiger partial charge in [0.2, 0.25) is 5.91 Å². The van der Waals surface area contributed by atoms with Crippen molar-refractivity contribution >= 4 is 29.3 Å². The van der Waals surface area contributed by atoms with Crippen molar-refractivity contribution < 1.29 is 19.1 Å². The molecular weight excluding hydrogens is 448 g/mol. The quantitative estimate of drug-likeness (QED) is 0.501. The Morgan fingerprint density at radius 3 is 2.57 bits per heavy atom. The maximum Gasteiger partial charge on any atom is 0.341 e. The fourth-order valence-corrected chi connectivity index (χ4v) is 4.10. The zero-order chi connectivity index (χ0) is 24.9. The van der Waals surface area contributed by atoms with E-state index >= 15 is 0 Å². The van der Waals surface area contributed by atoms with Crippen LogP contribution < -0.4 is 16.0 Å². The molecular formula is C25H28N6O4. The van der Waals surface area contributed by atoms with Crippen molar-refractivity contribution in [3.8, 4) is 5.69 Å². The lowest BCUT2D eigenvalue weighted by Crippen LogP contribution is -2.41. The van der Waals surface area contributed by atoms with Crippen LogP contribution in [0.15, 0.2) is 48.8 Å². The third-order valence-electron chi connectivity index (χ3n) is 6.03. The van der Waals surface area contributed by atoms with Gasteiger partial charge in [0.25, 0.3) is 5.91 Å². The summed E-state index contributed by atoms with van der Waals surface area (Å²) < 4.78 is 6.67. The molecule has 2 aromatic heterocycles. The molecule has 1 unspecified atom stereocenters. The maximum absolute atomic E-state index is 12.7. The number of piperidine rings is 1. The van der Waals surface area contributed by atoms with Gasteiger partial charge in [-0.05, 0) is 63.1 Å². The third-order valence-corrected chi connectivity index (χ3v) is 6.03. The van der Waals surface area contributed by atoms with Crippen LogP contribution in [0.4, 0.5) is 11.5 Å². The zero-order valence-electron chi connectivity index (χ0n) is 19.7. The summed E-state index contributed by atoms with van der Waals surface area (Å²) in [5.41, 5.74) is 8.26. The van der Waals surface area contributed by atoms with Gasteiger partial charge in [0.1, 0.15) is 11.4 Å². The average Bonchev–Trinajstić information content (AvgIpc) is 3.26. The van der Waals surface area contributed by atoms with Gasteiger partial charge < -0.3 is 20.7 Å². The molecule has 0 saturated carbocycles. The first-order chi connectivity index (χ1) is 16.9. The predicted octanol–water partition coefficient (Wildman–Crippen LogP) is 2.71. The summed E-state index contributed by atoms with van der Waals surface area (Å²) >= 11 is 0. The Hall–Kier alpha value is -4.21. The number of benzene rings is 1. The van der Waals surface area contributed by atoms with Gasteiger partial charge in [-0.1, -0.05) is 0 Å². The fraction of sp³-hybridized carbons (Fsp3) is 0.320. The molecule has 1 atom stereocenters. The van der Waals surface area contributed by atoms with Gasteiger partial charge in [-0.15, -0.1) is 0 Å². The maximum atomic E-state index is 12.7. The van der Waals surface area contributed by atoms with Gasteiger partial charge in [0, 0.05) is 18.7 Å². The Labute approximate surface area is 203 Å². The minimum absolute atomic E-state index is 0.171. The van der Waals surface area contributed by atoms with Crippen LogP contribution in [-0.2, 0) is 9.53 Å². The minimum Gasteiger partial charge on any atom is -0.462 e. The van der Waals surface area contributed by atoms with Gasteiger partial charge in [0.05, 0.1) is 42.0 Å². The van der Waals surface area contributed by atoms with Crippen LogP contribution in [0.5, 0.6) is 0 Å². The van der Waals surface area contributed by atoms with E-state index in [1.165, 1.54) is 6.20 Å². The van der Waals surface area contributed by atoms with E-state index in [0.29, 0.717) is 35.7 Å². The van der Waals surface area contributed by atoms with E-state index in [0.717, 1.165) is 30.9 Å². The molecule has 2 amide bonds. The second kappa shape index (κ2) is 10.4. The minimum atomic E-state index is -0.417. The Balaban J connectivity index is 1.40. The normalized spacial score (nSPS) is 15.5. The van der Waals surface area contributed by atoms with Crippen LogP contribution in [0.1, 0.15) is 46.2 Å². The number of aromatic nitrogens is 3. The molecule has 1 saturated heterocycles. The van der Waals surface area contributed by atoms with E-state index < -0.39 is 5.97 Å². The summed E-state index contributed by atoms with van der Waals surface area (Å²) in [6, 6.07) is 10.5. The van der Waals surface area contributed by atoms with Gasteiger partial charge in [0.15, 0.2) is 0 Å². The van der Waals surface area contributed by atoms with E-state index in [1.54, 1.807) is 55.1 Å². The van der Waals surface area contributed by atoms with E-state index in [2.05, 4.69) is 15.4 Å². The second-order valence-electron chi connectivity index (χ2n) is 8.37. The number of amides is 2. The first-order valence-electron chi connectivity index (χ1n) is 11.5. The number of esters is 1. The Kier molecular flexibility index (Phi) is 7.09. The summed E-state index contributed by atoms with van der Waals surface area (Å²) in [5.74, 6) is -0.404. The summed E-state index contributed by atoms with van der Waals surface area (Å²) in [6.07, 6.45) is 4.75. The molecule has 4 rings (SSSR count). The van der Waals surface area contributed by atoms with Gasteiger partial charge in [-0.25, -0.2) is 14.5 Å². The van der Waals surface area contributed by atoms with Crippen molar-refractivity contribution in [2.75, 3.05) is 29.9 Å². The molecule has 1 aromatic carbocycles. The highest BCUT2D eigenvalue weighted by atomic mass is 16.5. The lowest BCUT2D eigenvalue weighted by Gasteiger charge is -2.32. The van der Waals surface area contributed by atoms with Crippen molar-refractivity contribution in [3.63, 3.8) is 0 Å². The molecule has 0 bridgehead atoms. The number of nitrogens with two attached hydrogens (primary N) is 1. The molecule has 3 aromatic rings. The topological polar surface area (TPSA) is 132 Å². The molecule has 1 fully saturated rings. The van der Waals surface area contributed by atoms with Crippen molar-refractivity contribution in [1.82, 2.24) is 14.8 Å². The molecule has 3 heterocycles. The smallest absolute Gasteiger partial charge is 0.341 e. The summed E-state index contributed by atoms with van der Waals surface area (Å²) in [4.78, 5) is 42.7. The van der Waals surface area contributed by atoms with Gasteiger partial charge in [-0.2, -0.15) is 5.10 Å². The number of hydrogen-bond acceptors (Lipinski definition) is 7. The van der Waals surface area contributed by atoms with Crippen LogP contribution >= 0.6 is 0 Å². The van der Waals surface area contributed by atoms with Crippen LogP contribution in [-0.4, -0.2) is 52.2 Å². The van der Waals surface area contributed by atoms with Crippen molar-refractivity contribution in [2.24, 2.45) is 11.7 Å². The van der Waals surface area contributed by atoms with Crippen LogP contribution in [0.2, 0.25) is 0 Å². The average molecular weight is 477 g/mol. The lowest BCUT2D eigenvalue weighted by molar-refractivity contribution is -0.122. The molecule has 0 spiro atoms. The number of pyridine rings is 1. The van der Waals surface area contributed by atoms with Crippen molar-refractivity contribution in [2.45, 2.75) is 26.7 Å². The van der Waals surface area contributed by atoms with Gasteiger partial charge >= 0.3 is 5.97 Å². The largest absolute Gasteiger partial charge is 0.462 e. The summed E-state index contributed by atoms with van der Waals surface area (Å²) in [6.45, 7) is 5.19. The molecule has 0 aliphatic carbocycles. The number of anilines is 2. The Morgan fingerprint density at radius 1 is 1.14 bits per heavy atom. The highest BCUT2D eigenvalue weighted by Crippen LogP contribution is 2.23. The second-order valence-corrected chi connectivity index (χ2v) is 8.37. The number of rotatable bonds is 7. The molecule has 1 aliphatic heterocycles. The van der Waals surface area contributed by atoms with Crippen molar-refractivity contribution in [3.05, 3.63) is 65.6 Å². The first-order valence-corrected chi connectivity index (χ1v) is 11.5. The van der Waals surface area contributed by atoms with Crippen molar-refractivity contribution in [1.29, 1.82) is 0 Å². The van der Waals surface area contributed by atoms with E-state index in [9.17, 15) is 14.4 Å². The SMILES string of the molecule is CCOC(=O)c1cnn(-c2ccc(C(=O)Nc3ccc(N4CCCC(C(N)=O)C4)nc3)cc2)c1C. The van der Waals surface area contributed by atoms with Crippen LogP contribution in [0, 0.1) is 12.8 Å². The Bertz CT molecular complexity index is 1220. The molecule has 0 radical (unpaired) electrons. The van der Waals surface area contributed by atoms with E-state index in [-0.39, 0.29) is 17.7 Å². The number of primary amides is 1. The number of ether oxygens (including phenoxy) is 1. The summed E-state index contributed by atoms with van der Waals surface area (Å²) in [5, 5.41) is 7.11. The monoisotopic (exact) mass is 476 g/mol. The number of carbonyl (C=O) groups excluding carboxylic acids is 3. The lowest BCUT2D eigenvalue weighted by atomic mass is 9.97. The molecule has 3 N–H and O–H groups in total.